The third-order valence-corrected chi connectivity index (χ3v) is 9.40. The number of rotatable bonds is 3. The van der Waals surface area contributed by atoms with Gasteiger partial charge in [-0.05, 0) is 54.9 Å². The Morgan fingerprint density at radius 2 is 1.72 bits per heavy atom. The van der Waals surface area contributed by atoms with Gasteiger partial charge in [0.25, 0.3) is 5.91 Å². The third-order valence-electron chi connectivity index (χ3n) is 9.40. The average Bonchev–Trinajstić information content (AvgIpc) is 3.43. The molecular weight excluding hydrogens is 598 g/mol. The van der Waals surface area contributed by atoms with Gasteiger partial charge in [-0.15, -0.1) is 0 Å². The van der Waals surface area contributed by atoms with Crippen LogP contribution in [0.25, 0.3) is 0 Å². The Hall–Kier alpha value is -4.19. The number of nitrogens with zero attached hydrogens (tertiary/aromatic N) is 3. The lowest BCUT2D eigenvalue weighted by atomic mass is 9.79. The van der Waals surface area contributed by atoms with Crippen molar-refractivity contribution in [2.75, 3.05) is 58.0 Å². The molecule has 1 fully saturated rings. The first-order valence-electron chi connectivity index (χ1n) is 16.5. The molecule has 4 heterocycles. The minimum atomic E-state index is -0.677. The summed E-state index contributed by atoms with van der Waals surface area (Å²) >= 11 is 0. The van der Waals surface area contributed by atoms with Crippen LogP contribution in [0.15, 0.2) is 54.9 Å². The summed E-state index contributed by atoms with van der Waals surface area (Å²) < 4.78 is 17.2. The van der Waals surface area contributed by atoms with Gasteiger partial charge in [-0.2, -0.15) is 0 Å². The van der Waals surface area contributed by atoms with E-state index in [-0.39, 0.29) is 23.1 Å². The van der Waals surface area contributed by atoms with Gasteiger partial charge >= 0.3 is 0 Å². The maximum Gasteiger partial charge on any atom is 0.253 e. The second-order valence-electron chi connectivity index (χ2n) is 12.8. The quantitative estimate of drug-likeness (QED) is 0.417. The van der Waals surface area contributed by atoms with Crippen molar-refractivity contribution in [3.05, 3.63) is 88.4 Å². The minimum absolute atomic E-state index is 0.0718. The number of pyridine rings is 2. The Bertz CT molecular complexity index is 1570. The molecule has 2 aliphatic heterocycles. The highest BCUT2D eigenvalue weighted by atomic mass is 16.5. The zero-order valence-corrected chi connectivity index (χ0v) is 26.9. The van der Waals surface area contributed by atoms with Crippen LogP contribution in [-0.4, -0.2) is 91.9 Å². The van der Waals surface area contributed by atoms with E-state index in [1.165, 1.54) is 0 Å². The van der Waals surface area contributed by atoms with Crippen molar-refractivity contribution in [2.45, 2.75) is 56.4 Å². The van der Waals surface area contributed by atoms with Crippen LogP contribution < -0.4 is 10.6 Å². The second-order valence-corrected chi connectivity index (χ2v) is 12.8. The van der Waals surface area contributed by atoms with Crippen LogP contribution in [0.5, 0.6) is 0 Å². The van der Waals surface area contributed by atoms with E-state index in [0.717, 1.165) is 40.8 Å². The molecule has 1 aromatic carbocycles. The van der Waals surface area contributed by atoms with Gasteiger partial charge in [-0.1, -0.05) is 43.3 Å². The van der Waals surface area contributed by atoms with Crippen LogP contribution in [-0.2, 0) is 48.5 Å². The Morgan fingerprint density at radius 1 is 0.957 bits per heavy atom. The fourth-order valence-corrected chi connectivity index (χ4v) is 6.96. The highest BCUT2D eigenvalue weighted by molar-refractivity contribution is 5.97. The first-order valence-corrected chi connectivity index (χ1v) is 16.5. The largest absolute Gasteiger partial charge is 0.379 e. The van der Waals surface area contributed by atoms with Gasteiger partial charge < -0.3 is 29.7 Å². The summed E-state index contributed by atoms with van der Waals surface area (Å²) in [5.74, 6) is 0.161. The number of ether oxygens (including phenoxy) is 3. The van der Waals surface area contributed by atoms with E-state index in [0.29, 0.717) is 89.8 Å². The van der Waals surface area contributed by atoms with Crippen molar-refractivity contribution < 1.29 is 28.6 Å². The lowest BCUT2D eigenvalue weighted by Crippen LogP contribution is -2.55. The normalized spacial score (nSPS) is 24.6. The van der Waals surface area contributed by atoms with Crippen LogP contribution in [0.4, 0.5) is 5.82 Å². The fourth-order valence-electron chi connectivity index (χ4n) is 6.96. The Kier molecular flexibility index (Phi) is 10.5. The van der Waals surface area contributed by atoms with Crippen LogP contribution in [0.1, 0.15) is 64.0 Å². The van der Waals surface area contributed by atoms with Crippen molar-refractivity contribution in [3.63, 3.8) is 0 Å². The molecule has 3 amide bonds. The van der Waals surface area contributed by atoms with Gasteiger partial charge in [0.05, 0.1) is 38.6 Å². The lowest BCUT2D eigenvalue weighted by Gasteiger charge is -2.37. The van der Waals surface area contributed by atoms with Crippen LogP contribution in [0, 0.1) is 0 Å². The Balaban J connectivity index is 1.25. The van der Waals surface area contributed by atoms with Gasteiger partial charge in [0.15, 0.2) is 0 Å². The standard InChI is InChI=1S/C36H43N5O6/c1-36-19-27-17-28(22-37-32(27)20-36)34(43)40-31-18-29(26-7-3-2-4-8-26)23-41(35(31)44)9-11-46-13-15-47-14-12-45-10-5-6-25-16-30(36)33(38-21-25)39-24-42/h2-4,7-8,16-17,21-22,24,29,31H,5-6,9-15,18-20,23H2,1H3,(H,40,43)(H,38,39,42)/t29?,31?,36-/m1/s1. The molecular formula is C36H43N5O6. The molecule has 0 spiro atoms. The van der Waals surface area contributed by atoms with E-state index in [1.807, 2.05) is 24.3 Å². The first kappa shape index (κ1) is 32.7. The van der Waals surface area contributed by atoms with Gasteiger partial charge in [0.1, 0.15) is 11.9 Å². The number of aryl methyl sites for hydroxylation is 1. The number of fused-ring (bicyclic) bond motifs is 7. The van der Waals surface area contributed by atoms with E-state index < -0.39 is 6.04 Å². The number of nitrogens with one attached hydrogen (secondary N) is 2. The van der Waals surface area contributed by atoms with E-state index >= 15 is 0 Å². The third kappa shape index (κ3) is 7.86. The molecule has 11 nitrogen and oxygen atoms in total. The highest BCUT2D eigenvalue weighted by Gasteiger charge is 2.39. The summed E-state index contributed by atoms with van der Waals surface area (Å²) in [6.07, 6.45) is 7.43. The van der Waals surface area contributed by atoms with Gasteiger partial charge in [-0.3, -0.25) is 19.4 Å². The van der Waals surface area contributed by atoms with Crippen molar-refractivity contribution in [3.8, 4) is 0 Å². The smallest absolute Gasteiger partial charge is 0.253 e. The zero-order valence-electron chi connectivity index (χ0n) is 26.9. The number of benzene rings is 1. The summed E-state index contributed by atoms with van der Waals surface area (Å²) in [6.45, 7) is 5.91. The topological polar surface area (TPSA) is 132 Å². The predicted octanol–water partition coefficient (Wildman–Crippen LogP) is 3.21. The number of amides is 3. The molecule has 2 aromatic heterocycles. The maximum absolute atomic E-state index is 13.7. The van der Waals surface area contributed by atoms with E-state index in [4.69, 9.17) is 19.2 Å². The molecule has 0 saturated carbocycles. The lowest BCUT2D eigenvalue weighted by molar-refractivity contribution is -0.137. The molecule has 47 heavy (non-hydrogen) atoms. The van der Waals surface area contributed by atoms with Crippen LogP contribution >= 0.6 is 0 Å². The predicted molar refractivity (Wildman–Crippen MR) is 175 cm³/mol. The second kappa shape index (κ2) is 15.1. The summed E-state index contributed by atoms with van der Waals surface area (Å²) in [5.41, 5.74) is 5.04. The number of piperidine rings is 1. The molecule has 1 aliphatic carbocycles. The molecule has 3 aromatic rings. The first-order chi connectivity index (χ1) is 22.9. The van der Waals surface area contributed by atoms with Crippen molar-refractivity contribution in [2.24, 2.45) is 0 Å². The highest BCUT2D eigenvalue weighted by Crippen LogP contribution is 2.42. The Morgan fingerprint density at radius 3 is 2.51 bits per heavy atom. The van der Waals surface area contributed by atoms with Crippen molar-refractivity contribution in [1.82, 2.24) is 20.2 Å². The molecule has 248 valence electrons. The molecule has 7 bridgehead atoms. The minimum Gasteiger partial charge on any atom is -0.379 e. The summed E-state index contributed by atoms with van der Waals surface area (Å²) in [4.78, 5) is 49.9. The molecule has 2 N–H and O–H groups in total. The average molecular weight is 642 g/mol. The van der Waals surface area contributed by atoms with Gasteiger partial charge in [-0.25, -0.2) is 4.98 Å². The van der Waals surface area contributed by atoms with Crippen molar-refractivity contribution in [1.29, 1.82) is 0 Å². The molecule has 6 rings (SSSR count). The number of carbonyl (C=O) groups excluding carboxylic acids is 3. The molecule has 0 radical (unpaired) electrons. The van der Waals surface area contributed by atoms with E-state index in [1.54, 1.807) is 17.3 Å². The van der Waals surface area contributed by atoms with Crippen LogP contribution in [0.3, 0.4) is 0 Å². The number of hydrogen-bond acceptors (Lipinski definition) is 8. The molecule has 1 saturated heterocycles. The molecule has 3 aliphatic rings. The number of anilines is 1. The number of carbonyl (C=O) groups is 3. The van der Waals surface area contributed by atoms with Gasteiger partial charge in [0, 0.05) is 54.7 Å². The molecule has 11 heteroatoms. The monoisotopic (exact) mass is 641 g/mol. The Labute approximate surface area is 275 Å². The van der Waals surface area contributed by atoms with Crippen molar-refractivity contribution >= 4 is 24.0 Å². The maximum atomic E-state index is 13.7. The summed E-state index contributed by atoms with van der Waals surface area (Å²) in [7, 11) is 0. The number of hydrogen-bond donors (Lipinski definition) is 2. The van der Waals surface area contributed by atoms with Crippen LogP contribution in [0.2, 0.25) is 0 Å². The summed E-state index contributed by atoms with van der Waals surface area (Å²) in [6, 6.07) is 13.4. The SMILES string of the molecule is C[C@@]12Cc3cc(cnc3C1)C(=O)NC1CC(c3ccccc3)CN(CCOCCOCCOCCCc3cnc(NC=O)c2c3)C1=O. The fraction of sp³-hybridized carbons (Fsp3) is 0.472. The van der Waals surface area contributed by atoms with E-state index in [2.05, 4.69) is 40.7 Å². The summed E-state index contributed by atoms with van der Waals surface area (Å²) in [5, 5.41) is 5.82. The van der Waals surface area contributed by atoms with E-state index in [9.17, 15) is 14.4 Å². The molecule has 2 unspecified atom stereocenters. The number of aromatic nitrogens is 2. The molecule has 3 atom stereocenters. The van der Waals surface area contributed by atoms with Gasteiger partial charge in [0.2, 0.25) is 12.3 Å². The zero-order chi connectivity index (χ0) is 32.6.